The quantitative estimate of drug-likeness (QED) is 0.392. The van der Waals surface area contributed by atoms with E-state index in [2.05, 4.69) is 39.7 Å². The third kappa shape index (κ3) is 6.76. The minimum absolute atomic E-state index is 0.781. The lowest BCUT2D eigenvalue weighted by Crippen LogP contribution is -2.41. The number of ether oxygens (including phenoxy) is 1. The zero-order valence-electron chi connectivity index (χ0n) is 15.5. The Kier molecular flexibility index (Phi) is 8.28. The molecule has 6 heteroatoms. The van der Waals surface area contributed by atoms with Crippen molar-refractivity contribution in [2.45, 2.75) is 12.8 Å². The summed E-state index contributed by atoms with van der Waals surface area (Å²) in [4.78, 5) is 6.54. The molecule has 0 amide bonds. The Hall–Kier alpha value is -2.05. The van der Waals surface area contributed by atoms with Crippen molar-refractivity contribution in [1.29, 1.82) is 0 Å². The van der Waals surface area contributed by atoms with Gasteiger partial charge in [-0.3, -0.25) is 4.99 Å². The first kappa shape index (κ1) is 19.3. The number of para-hydroxylation sites is 1. The number of benzene rings is 1. The average Bonchev–Trinajstić information content (AvgIpc) is 3.03. The van der Waals surface area contributed by atoms with Crippen LogP contribution in [0.1, 0.15) is 12.2 Å². The first-order chi connectivity index (χ1) is 12.2. The predicted molar refractivity (Wildman–Crippen MR) is 103 cm³/mol. The van der Waals surface area contributed by atoms with Gasteiger partial charge in [-0.15, -0.1) is 0 Å². The Bertz CT molecular complexity index is 621. The van der Waals surface area contributed by atoms with Crippen LogP contribution in [0.5, 0.6) is 0 Å². The topological polar surface area (TPSA) is 62.0 Å². The summed E-state index contributed by atoms with van der Waals surface area (Å²) >= 11 is 0. The number of furan rings is 1. The van der Waals surface area contributed by atoms with Crippen molar-refractivity contribution in [2.75, 3.05) is 54.0 Å². The standard InChI is InChI=1S/C19H30N4O2/c1-20-19(22-11-13-23(2)12-6-14-24-3)21-10-9-17-15-16-7-4-5-8-18(16)25-17/h4-5,7-8,15H,6,9-14H2,1-3H3,(H2,20,21,22). The third-order valence-corrected chi connectivity index (χ3v) is 4.04. The molecule has 0 bridgehead atoms. The molecule has 0 unspecified atom stereocenters. The summed E-state index contributed by atoms with van der Waals surface area (Å²) in [7, 11) is 5.65. The van der Waals surface area contributed by atoms with Crippen LogP contribution >= 0.6 is 0 Å². The molecule has 2 aromatic rings. The maximum absolute atomic E-state index is 5.83. The van der Waals surface area contributed by atoms with Gasteiger partial charge in [0.2, 0.25) is 0 Å². The molecule has 1 heterocycles. The highest BCUT2D eigenvalue weighted by atomic mass is 16.5. The Balaban J connectivity index is 1.64. The number of nitrogens with zero attached hydrogens (tertiary/aromatic N) is 2. The number of rotatable bonds is 10. The molecule has 2 N–H and O–H groups in total. The molecule has 0 aliphatic rings. The highest BCUT2D eigenvalue weighted by Crippen LogP contribution is 2.18. The molecule has 0 saturated carbocycles. The fraction of sp³-hybridized carbons (Fsp3) is 0.526. The van der Waals surface area contributed by atoms with Crippen LogP contribution in [0, 0.1) is 0 Å². The van der Waals surface area contributed by atoms with Gasteiger partial charge in [0.25, 0.3) is 0 Å². The van der Waals surface area contributed by atoms with Crippen LogP contribution in [0.15, 0.2) is 39.7 Å². The van der Waals surface area contributed by atoms with Crippen molar-refractivity contribution in [1.82, 2.24) is 15.5 Å². The summed E-state index contributed by atoms with van der Waals surface area (Å²) < 4.78 is 10.9. The van der Waals surface area contributed by atoms with Gasteiger partial charge in [-0.05, 0) is 25.6 Å². The van der Waals surface area contributed by atoms with Crippen LogP contribution in [0.4, 0.5) is 0 Å². The second-order valence-electron chi connectivity index (χ2n) is 6.08. The molecule has 0 atom stereocenters. The third-order valence-electron chi connectivity index (χ3n) is 4.04. The number of guanidine groups is 1. The number of hydrogen-bond acceptors (Lipinski definition) is 4. The molecule has 0 spiro atoms. The number of likely N-dealkylation sites (N-methyl/N-ethyl adjacent to an activating group) is 1. The lowest BCUT2D eigenvalue weighted by Gasteiger charge is -2.18. The van der Waals surface area contributed by atoms with E-state index >= 15 is 0 Å². The fourth-order valence-electron chi connectivity index (χ4n) is 2.64. The fourth-order valence-corrected chi connectivity index (χ4v) is 2.64. The van der Waals surface area contributed by atoms with Gasteiger partial charge >= 0.3 is 0 Å². The molecule has 1 aromatic heterocycles. The molecular weight excluding hydrogens is 316 g/mol. The van der Waals surface area contributed by atoms with E-state index in [-0.39, 0.29) is 0 Å². The van der Waals surface area contributed by atoms with Crippen LogP contribution in [0.25, 0.3) is 11.0 Å². The molecular formula is C19H30N4O2. The molecule has 0 aliphatic heterocycles. The molecule has 6 nitrogen and oxygen atoms in total. The molecule has 2 rings (SSSR count). The van der Waals surface area contributed by atoms with Crippen molar-refractivity contribution in [3.05, 3.63) is 36.1 Å². The number of nitrogens with one attached hydrogen (secondary N) is 2. The normalized spacial score (nSPS) is 12.1. The minimum Gasteiger partial charge on any atom is -0.461 e. The average molecular weight is 346 g/mol. The van der Waals surface area contributed by atoms with Crippen LogP contribution < -0.4 is 10.6 Å². The van der Waals surface area contributed by atoms with Gasteiger partial charge in [-0.2, -0.15) is 0 Å². The van der Waals surface area contributed by atoms with Crippen LogP contribution in [-0.2, 0) is 11.2 Å². The van der Waals surface area contributed by atoms with Crippen molar-refractivity contribution in [3.8, 4) is 0 Å². The maximum atomic E-state index is 5.83. The van der Waals surface area contributed by atoms with Crippen molar-refractivity contribution < 1.29 is 9.15 Å². The Morgan fingerprint density at radius 3 is 2.76 bits per heavy atom. The molecule has 138 valence electrons. The van der Waals surface area contributed by atoms with E-state index < -0.39 is 0 Å². The van der Waals surface area contributed by atoms with E-state index in [4.69, 9.17) is 9.15 Å². The van der Waals surface area contributed by atoms with Crippen LogP contribution in [0.2, 0.25) is 0 Å². The Morgan fingerprint density at radius 1 is 1.20 bits per heavy atom. The molecule has 0 aliphatic carbocycles. The van der Waals surface area contributed by atoms with E-state index in [1.54, 1.807) is 14.2 Å². The Morgan fingerprint density at radius 2 is 2.00 bits per heavy atom. The summed E-state index contributed by atoms with van der Waals surface area (Å²) in [5, 5.41) is 7.82. The van der Waals surface area contributed by atoms with E-state index in [0.717, 1.165) is 68.3 Å². The largest absolute Gasteiger partial charge is 0.461 e. The van der Waals surface area contributed by atoms with Crippen LogP contribution in [-0.4, -0.2) is 64.9 Å². The van der Waals surface area contributed by atoms with E-state index in [1.165, 1.54) is 0 Å². The number of hydrogen-bond donors (Lipinski definition) is 2. The van der Waals surface area contributed by atoms with E-state index in [9.17, 15) is 0 Å². The molecule has 1 aromatic carbocycles. The number of fused-ring (bicyclic) bond motifs is 1. The van der Waals surface area contributed by atoms with Gasteiger partial charge < -0.3 is 24.7 Å². The lowest BCUT2D eigenvalue weighted by atomic mass is 10.2. The van der Waals surface area contributed by atoms with Crippen molar-refractivity contribution in [3.63, 3.8) is 0 Å². The first-order valence-corrected chi connectivity index (χ1v) is 8.82. The first-order valence-electron chi connectivity index (χ1n) is 8.82. The zero-order chi connectivity index (χ0) is 17.9. The zero-order valence-corrected chi connectivity index (χ0v) is 15.5. The van der Waals surface area contributed by atoms with Gasteiger partial charge in [-0.25, -0.2) is 0 Å². The van der Waals surface area contributed by atoms with E-state index in [0.29, 0.717) is 0 Å². The molecule has 0 radical (unpaired) electrons. The summed E-state index contributed by atoms with van der Waals surface area (Å²) in [6.07, 6.45) is 1.88. The maximum Gasteiger partial charge on any atom is 0.191 e. The number of aliphatic imine (C=N–C) groups is 1. The molecule has 0 fully saturated rings. The van der Waals surface area contributed by atoms with Gasteiger partial charge in [0.15, 0.2) is 5.96 Å². The second-order valence-corrected chi connectivity index (χ2v) is 6.08. The van der Waals surface area contributed by atoms with Crippen molar-refractivity contribution >= 4 is 16.9 Å². The van der Waals surface area contributed by atoms with Crippen LogP contribution in [0.3, 0.4) is 0 Å². The summed E-state index contributed by atoms with van der Waals surface area (Å²) in [5.74, 6) is 1.81. The lowest BCUT2D eigenvalue weighted by molar-refractivity contribution is 0.180. The number of methoxy groups -OCH3 is 1. The highest BCUT2D eigenvalue weighted by Gasteiger charge is 2.04. The second kappa shape index (κ2) is 10.7. The summed E-state index contributed by atoms with van der Waals surface area (Å²) in [6, 6.07) is 10.2. The molecule has 25 heavy (non-hydrogen) atoms. The Labute approximate surface area is 150 Å². The summed E-state index contributed by atoms with van der Waals surface area (Å²) in [5.41, 5.74) is 0.941. The SMILES string of the molecule is CN=C(NCCc1cc2ccccc2o1)NCCN(C)CCCOC. The minimum atomic E-state index is 0.781. The van der Waals surface area contributed by atoms with Gasteiger partial charge in [-0.1, -0.05) is 18.2 Å². The molecule has 0 saturated heterocycles. The predicted octanol–water partition coefficient (Wildman–Crippen LogP) is 2.11. The van der Waals surface area contributed by atoms with Gasteiger partial charge in [0.1, 0.15) is 11.3 Å². The van der Waals surface area contributed by atoms with E-state index in [1.807, 2.05) is 18.2 Å². The highest BCUT2D eigenvalue weighted by molar-refractivity contribution is 5.79. The smallest absolute Gasteiger partial charge is 0.191 e. The van der Waals surface area contributed by atoms with Gasteiger partial charge in [0, 0.05) is 58.8 Å². The monoisotopic (exact) mass is 346 g/mol. The van der Waals surface area contributed by atoms with Crippen molar-refractivity contribution in [2.24, 2.45) is 4.99 Å². The van der Waals surface area contributed by atoms with Gasteiger partial charge in [0.05, 0.1) is 0 Å². The summed E-state index contributed by atoms with van der Waals surface area (Å²) in [6.45, 7) is 4.45.